The average molecular weight is 383 g/mol. The second-order valence-corrected chi connectivity index (χ2v) is 7.72. The fourth-order valence-corrected chi connectivity index (χ4v) is 4.32. The lowest BCUT2D eigenvalue weighted by molar-refractivity contribution is -0.0449. The van der Waals surface area contributed by atoms with E-state index in [0.717, 1.165) is 68.4 Å². The van der Waals surface area contributed by atoms with Crippen LogP contribution in [-0.2, 0) is 11.3 Å². The number of methoxy groups -OCH3 is 2. The summed E-state index contributed by atoms with van der Waals surface area (Å²) < 4.78 is 17.0. The van der Waals surface area contributed by atoms with E-state index in [9.17, 15) is 0 Å². The van der Waals surface area contributed by atoms with Crippen LogP contribution in [0, 0.1) is 0 Å². The summed E-state index contributed by atoms with van der Waals surface area (Å²) in [5, 5.41) is 3.61. The van der Waals surface area contributed by atoms with Gasteiger partial charge in [-0.1, -0.05) is 12.1 Å². The number of hydrogen-bond donors (Lipinski definition) is 1. The van der Waals surface area contributed by atoms with E-state index in [2.05, 4.69) is 27.3 Å². The molecule has 150 valence electrons. The molecule has 1 unspecified atom stereocenters. The van der Waals surface area contributed by atoms with E-state index in [1.54, 1.807) is 20.4 Å². The molecule has 2 aliphatic heterocycles. The molecule has 2 fully saturated rings. The van der Waals surface area contributed by atoms with Crippen molar-refractivity contribution in [2.45, 2.75) is 37.5 Å². The maximum absolute atomic E-state index is 6.31. The molecule has 1 N–H and O–H groups in total. The highest BCUT2D eigenvalue weighted by Gasteiger charge is 2.42. The molecule has 0 saturated carbocycles. The van der Waals surface area contributed by atoms with Crippen LogP contribution in [0.2, 0.25) is 0 Å². The van der Waals surface area contributed by atoms with Crippen LogP contribution in [-0.4, -0.2) is 55.4 Å². The van der Waals surface area contributed by atoms with Gasteiger partial charge in [-0.05, 0) is 37.5 Å². The van der Waals surface area contributed by atoms with Crippen LogP contribution in [0.1, 0.15) is 24.8 Å². The quantitative estimate of drug-likeness (QED) is 0.826. The normalized spacial score (nSPS) is 21.6. The van der Waals surface area contributed by atoms with Crippen molar-refractivity contribution in [2.24, 2.45) is 0 Å². The zero-order chi connectivity index (χ0) is 19.4. The van der Waals surface area contributed by atoms with Crippen molar-refractivity contribution in [1.82, 2.24) is 9.88 Å². The van der Waals surface area contributed by atoms with E-state index in [-0.39, 0.29) is 5.60 Å². The van der Waals surface area contributed by atoms with Crippen LogP contribution < -0.4 is 14.8 Å². The van der Waals surface area contributed by atoms with E-state index in [4.69, 9.17) is 14.2 Å². The van der Waals surface area contributed by atoms with Crippen LogP contribution in [0.15, 0.2) is 42.6 Å². The summed E-state index contributed by atoms with van der Waals surface area (Å²) in [5.74, 6) is 1.60. The largest absolute Gasteiger partial charge is 0.497 e. The molecule has 1 spiro atoms. The van der Waals surface area contributed by atoms with E-state index in [0.29, 0.717) is 6.04 Å². The van der Waals surface area contributed by atoms with Gasteiger partial charge in [-0.25, -0.2) is 4.98 Å². The molecule has 1 aromatic carbocycles. The van der Waals surface area contributed by atoms with E-state index < -0.39 is 0 Å². The van der Waals surface area contributed by atoms with Gasteiger partial charge in [0.1, 0.15) is 5.75 Å². The Morgan fingerprint density at radius 3 is 2.82 bits per heavy atom. The summed E-state index contributed by atoms with van der Waals surface area (Å²) in [6.45, 7) is 3.69. The van der Waals surface area contributed by atoms with Gasteiger partial charge in [-0.3, -0.25) is 4.90 Å². The van der Waals surface area contributed by atoms with Crippen molar-refractivity contribution in [3.8, 4) is 11.6 Å². The fourth-order valence-electron chi connectivity index (χ4n) is 4.32. The predicted molar refractivity (Wildman–Crippen MR) is 109 cm³/mol. The number of pyridine rings is 1. The van der Waals surface area contributed by atoms with Gasteiger partial charge in [0.05, 0.1) is 32.5 Å². The summed E-state index contributed by atoms with van der Waals surface area (Å²) in [4.78, 5) is 6.77. The molecule has 1 atom stereocenters. The number of ether oxygens (including phenoxy) is 3. The molecule has 2 saturated heterocycles. The fraction of sp³-hybridized carbons (Fsp3) is 0.500. The third-order valence-corrected chi connectivity index (χ3v) is 5.85. The monoisotopic (exact) mass is 383 g/mol. The van der Waals surface area contributed by atoms with Crippen molar-refractivity contribution in [2.75, 3.05) is 39.2 Å². The number of aromatic nitrogens is 1. The van der Waals surface area contributed by atoms with Crippen LogP contribution in [0.3, 0.4) is 0 Å². The van der Waals surface area contributed by atoms with Gasteiger partial charge in [0, 0.05) is 43.1 Å². The smallest absolute Gasteiger partial charge is 0.217 e. The minimum Gasteiger partial charge on any atom is -0.497 e. The standard InChI is InChI=1S/C22H29N3O3/c1-26-20-7-3-6-18(13-20)24-19-14-22(28-16-19)8-11-25(12-9-22)15-17-5-4-10-23-21(17)27-2/h3-7,10,13,19,24H,8-9,11-12,14-16H2,1-2H3. The zero-order valence-corrected chi connectivity index (χ0v) is 16.7. The molecule has 0 aliphatic carbocycles. The van der Waals surface area contributed by atoms with Gasteiger partial charge in [0.25, 0.3) is 0 Å². The Hall–Kier alpha value is -2.31. The highest BCUT2D eigenvalue weighted by molar-refractivity contribution is 5.49. The lowest BCUT2D eigenvalue weighted by atomic mass is 9.87. The molecular formula is C22H29N3O3. The van der Waals surface area contributed by atoms with E-state index >= 15 is 0 Å². The lowest BCUT2D eigenvalue weighted by Crippen LogP contribution is -2.44. The van der Waals surface area contributed by atoms with Crippen molar-refractivity contribution in [3.05, 3.63) is 48.2 Å². The van der Waals surface area contributed by atoms with Crippen molar-refractivity contribution < 1.29 is 14.2 Å². The van der Waals surface area contributed by atoms with Gasteiger partial charge >= 0.3 is 0 Å². The first kappa shape index (κ1) is 19.0. The summed E-state index contributed by atoms with van der Waals surface area (Å²) in [7, 11) is 3.38. The Labute approximate surface area is 166 Å². The first-order valence-electron chi connectivity index (χ1n) is 9.94. The lowest BCUT2D eigenvalue weighted by Gasteiger charge is -2.38. The van der Waals surface area contributed by atoms with Crippen molar-refractivity contribution in [1.29, 1.82) is 0 Å². The predicted octanol–water partition coefficient (Wildman–Crippen LogP) is 3.33. The minimum atomic E-state index is 0.00601. The second-order valence-electron chi connectivity index (χ2n) is 7.72. The average Bonchev–Trinajstić information content (AvgIpc) is 3.12. The van der Waals surface area contributed by atoms with E-state index in [1.807, 2.05) is 24.3 Å². The Bertz CT molecular complexity index is 790. The summed E-state index contributed by atoms with van der Waals surface area (Å²) in [6.07, 6.45) is 4.95. The molecule has 0 amide bonds. The molecule has 0 bridgehead atoms. The number of anilines is 1. The van der Waals surface area contributed by atoms with Gasteiger partial charge in [-0.15, -0.1) is 0 Å². The molecule has 2 aliphatic rings. The summed E-state index contributed by atoms with van der Waals surface area (Å²) >= 11 is 0. The molecule has 28 heavy (non-hydrogen) atoms. The van der Waals surface area contributed by atoms with Gasteiger partial charge in [0.2, 0.25) is 5.88 Å². The van der Waals surface area contributed by atoms with Crippen molar-refractivity contribution in [3.63, 3.8) is 0 Å². The summed E-state index contributed by atoms with van der Waals surface area (Å²) in [6, 6.07) is 12.5. The maximum Gasteiger partial charge on any atom is 0.217 e. The molecule has 6 heteroatoms. The molecule has 0 radical (unpaired) electrons. The van der Waals surface area contributed by atoms with Gasteiger partial charge in [-0.2, -0.15) is 0 Å². The van der Waals surface area contributed by atoms with Crippen molar-refractivity contribution >= 4 is 5.69 Å². The van der Waals surface area contributed by atoms with Gasteiger partial charge in [0.15, 0.2) is 0 Å². The molecular weight excluding hydrogens is 354 g/mol. The van der Waals surface area contributed by atoms with E-state index in [1.165, 1.54) is 0 Å². The summed E-state index contributed by atoms with van der Waals surface area (Å²) in [5.41, 5.74) is 2.24. The molecule has 2 aromatic rings. The topological polar surface area (TPSA) is 55.8 Å². The Kier molecular flexibility index (Phi) is 5.69. The maximum atomic E-state index is 6.31. The third kappa shape index (κ3) is 4.23. The van der Waals surface area contributed by atoms with Crippen LogP contribution in [0.5, 0.6) is 11.6 Å². The molecule has 1 aromatic heterocycles. The highest BCUT2D eigenvalue weighted by atomic mass is 16.5. The number of nitrogens with one attached hydrogen (secondary N) is 1. The number of hydrogen-bond acceptors (Lipinski definition) is 6. The number of benzene rings is 1. The molecule has 6 nitrogen and oxygen atoms in total. The van der Waals surface area contributed by atoms with Crippen LogP contribution >= 0.6 is 0 Å². The Morgan fingerprint density at radius 2 is 2.04 bits per heavy atom. The molecule has 4 rings (SSSR count). The highest BCUT2D eigenvalue weighted by Crippen LogP contribution is 2.37. The Morgan fingerprint density at radius 1 is 1.18 bits per heavy atom. The Balaban J connectivity index is 1.31. The second kappa shape index (κ2) is 8.37. The number of nitrogens with zero attached hydrogens (tertiary/aromatic N) is 2. The molecule has 3 heterocycles. The van der Waals surface area contributed by atoms with Crippen LogP contribution in [0.25, 0.3) is 0 Å². The number of piperidine rings is 1. The first-order chi connectivity index (χ1) is 13.7. The minimum absolute atomic E-state index is 0.00601. The number of rotatable bonds is 6. The SMILES string of the molecule is COc1cccc(NC2COC3(CCN(Cc4cccnc4OC)CC3)C2)c1. The third-order valence-electron chi connectivity index (χ3n) is 5.85. The number of likely N-dealkylation sites (tertiary alicyclic amines) is 1. The van der Waals surface area contributed by atoms with Crippen LogP contribution in [0.4, 0.5) is 5.69 Å². The first-order valence-corrected chi connectivity index (χ1v) is 9.94. The van der Waals surface area contributed by atoms with Gasteiger partial charge < -0.3 is 19.5 Å². The zero-order valence-electron chi connectivity index (χ0n) is 16.7.